The number of rotatable bonds is 4. The zero-order chi connectivity index (χ0) is 14.8. The second-order valence-corrected chi connectivity index (χ2v) is 6.17. The maximum absolute atomic E-state index is 12.3. The van der Waals surface area contributed by atoms with Gasteiger partial charge in [-0.05, 0) is 18.6 Å². The van der Waals surface area contributed by atoms with Crippen LogP contribution in [0, 0.1) is 5.92 Å². The lowest BCUT2D eigenvalue weighted by Crippen LogP contribution is -2.29. The van der Waals surface area contributed by atoms with Gasteiger partial charge in [-0.3, -0.25) is 4.79 Å². The predicted octanol–water partition coefficient (Wildman–Crippen LogP) is 2.26. The molecule has 5 nitrogen and oxygen atoms in total. The van der Waals surface area contributed by atoms with E-state index < -0.39 is 0 Å². The van der Waals surface area contributed by atoms with Gasteiger partial charge in [0.1, 0.15) is 10.6 Å². The third-order valence-electron chi connectivity index (χ3n) is 3.72. The van der Waals surface area contributed by atoms with Gasteiger partial charge in [0, 0.05) is 23.8 Å². The second kappa shape index (κ2) is 5.91. The molecule has 1 amide bonds. The molecule has 1 aromatic heterocycles. The monoisotopic (exact) mass is 306 g/mol. The molecule has 1 aliphatic rings. The van der Waals surface area contributed by atoms with Crippen LogP contribution < -0.4 is 15.8 Å². The molecule has 6 heteroatoms. The highest BCUT2D eigenvalue weighted by molar-refractivity contribution is 7.21. The zero-order valence-electron chi connectivity index (χ0n) is 11.8. The number of anilines is 1. The first kappa shape index (κ1) is 14.2. The standard InChI is InChI=1S/C15H18N2O3S/c1-19-10-3-2-4-11-12(10)13(16)14(21-11)15(18)17-7-9-5-6-20-8-9/h2-4,9H,5-8,16H2,1H3,(H,17,18). The maximum atomic E-state index is 12.3. The van der Waals surface area contributed by atoms with Gasteiger partial charge in [-0.15, -0.1) is 11.3 Å². The van der Waals surface area contributed by atoms with Crippen molar-refractivity contribution in [2.75, 3.05) is 32.6 Å². The van der Waals surface area contributed by atoms with Crippen LogP contribution in [0.4, 0.5) is 5.69 Å². The number of amides is 1. The second-order valence-electron chi connectivity index (χ2n) is 5.12. The molecule has 1 saturated heterocycles. The molecule has 1 aromatic carbocycles. The van der Waals surface area contributed by atoms with Gasteiger partial charge < -0.3 is 20.5 Å². The summed E-state index contributed by atoms with van der Waals surface area (Å²) in [5, 5.41) is 3.77. The summed E-state index contributed by atoms with van der Waals surface area (Å²) in [5.74, 6) is 0.978. The largest absolute Gasteiger partial charge is 0.496 e. The normalized spacial score (nSPS) is 18.0. The Labute approximate surface area is 127 Å². The molecule has 0 radical (unpaired) electrons. The number of carbonyl (C=O) groups is 1. The number of hydrogen-bond acceptors (Lipinski definition) is 5. The third-order valence-corrected chi connectivity index (χ3v) is 4.88. The van der Waals surface area contributed by atoms with E-state index in [9.17, 15) is 4.79 Å². The molecule has 2 aromatic rings. The number of fused-ring (bicyclic) bond motifs is 1. The fraction of sp³-hybridized carbons (Fsp3) is 0.400. The first-order valence-electron chi connectivity index (χ1n) is 6.91. The molecule has 0 bridgehead atoms. The Morgan fingerprint density at radius 2 is 2.43 bits per heavy atom. The smallest absolute Gasteiger partial charge is 0.263 e. The van der Waals surface area contributed by atoms with Crippen molar-refractivity contribution in [2.45, 2.75) is 6.42 Å². The molecule has 1 atom stereocenters. The summed E-state index contributed by atoms with van der Waals surface area (Å²) in [5.41, 5.74) is 6.64. The van der Waals surface area contributed by atoms with Gasteiger partial charge in [0.15, 0.2) is 0 Å². The summed E-state index contributed by atoms with van der Waals surface area (Å²) in [6, 6.07) is 5.69. The Morgan fingerprint density at radius 1 is 1.57 bits per heavy atom. The van der Waals surface area contributed by atoms with Crippen molar-refractivity contribution in [2.24, 2.45) is 5.92 Å². The van der Waals surface area contributed by atoms with Gasteiger partial charge in [0.25, 0.3) is 5.91 Å². The quantitative estimate of drug-likeness (QED) is 0.908. The van der Waals surface area contributed by atoms with E-state index in [4.69, 9.17) is 15.2 Å². The van der Waals surface area contributed by atoms with Crippen LogP contribution in [0.15, 0.2) is 18.2 Å². The Kier molecular flexibility index (Phi) is 3.98. The van der Waals surface area contributed by atoms with E-state index in [-0.39, 0.29) is 5.91 Å². The van der Waals surface area contributed by atoms with Gasteiger partial charge in [0.2, 0.25) is 0 Å². The minimum atomic E-state index is -0.123. The minimum Gasteiger partial charge on any atom is -0.496 e. The molecule has 3 rings (SSSR count). The molecule has 1 aliphatic heterocycles. The molecule has 2 heterocycles. The molecule has 3 N–H and O–H groups in total. The van der Waals surface area contributed by atoms with Crippen LogP contribution in [0.3, 0.4) is 0 Å². The molecule has 112 valence electrons. The average Bonchev–Trinajstić information content (AvgIpc) is 3.13. The van der Waals surface area contributed by atoms with Crippen LogP contribution in [0.1, 0.15) is 16.1 Å². The number of nitrogens with two attached hydrogens (primary N) is 1. The van der Waals surface area contributed by atoms with Crippen molar-refractivity contribution in [3.8, 4) is 5.75 Å². The first-order chi connectivity index (χ1) is 10.2. The Hall–Kier alpha value is -1.79. The van der Waals surface area contributed by atoms with E-state index >= 15 is 0 Å². The SMILES string of the molecule is COc1cccc2sc(C(=O)NCC3CCOC3)c(N)c12. The third kappa shape index (κ3) is 2.69. The summed E-state index contributed by atoms with van der Waals surface area (Å²) in [4.78, 5) is 12.9. The summed E-state index contributed by atoms with van der Waals surface area (Å²) < 4.78 is 11.6. The molecule has 21 heavy (non-hydrogen) atoms. The lowest BCUT2D eigenvalue weighted by atomic mass is 10.1. The topological polar surface area (TPSA) is 73.6 Å². The van der Waals surface area contributed by atoms with Crippen molar-refractivity contribution in [1.29, 1.82) is 0 Å². The fourth-order valence-corrected chi connectivity index (χ4v) is 3.60. The van der Waals surface area contributed by atoms with E-state index in [1.165, 1.54) is 11.3 Å². The number of nitrogen functional groups attached to an aromatic ring is 1. The first-order valence-corrected chi connectivity index (χ1v) is 7.73. The van der Waals surface area contributed by atoms with Crippen molar-refractivity contribution < 1.29 is 14.3 Å². The van der Waals surface area contributed by atoms with E-state index in [2.05, 4.69) is 5.32 Å². The summed E-state index contributed by atoms with van der Waals surface area (Å²) in [6.45, 7) is 2.13. The number of methoxy groups -OCH3 is 1. The highest BCUT2D eigenvalue weighted by atomic mass is 32.1. The van der Waals surface area contributed by atoms with Crippen LogP contribution in [0.2, 0.25) is 0 Å². The number of thiophene rings is 1. The highest BCUT2D eigenvalue weighted by Crippen LogP contribution is 2.39. The van der Waals surface area contributed by atoms with Crippen molar-refractivity contribution >= 4 is 33.0 Å². The van der Waals surface area contributed by atoms with E-state index in [1.54, 1.807) is 7.11 Å². The summed E-state index contributed by atoms with van der Waals surface area (Å²) in [7, 11) is 1.60. The van der Waals surface area contributed by atoms with Crippen LogP contribution >= 0.6 is 11.3 Å². The van der Waals surface area contributed by atoms with Crippen LogP contribution in [-0.2, 0) is 4.74 Å². The highest BCUT2D eigenvalue weighted by Gasteiger charge is 2.21. The van der Waals surface area contributed by atoms with Crippen LogP contribution in [0.25, 0.3) is 10.1 Å². The van der Waals surface area contributed by atoms with Crippen molar-refractivity contribution in [3.05, 3.63) is 23.1 Å². The molecule has 0 spiro atoms. The lowest BCUT2D eigenvalue weighted by molar-refractivity contribution is 0.0950. The maximum Gasteiger partial charge on any atom is 0.263 e. The number of nitrogens with one attached hydrogen (secondary N) is 1. The number of ether oxygens (including phenoxy) is 2. The number of carbonyl (C=O) groups excluding carboxylic acids is 1. The molecule has 1 fully saturated rings. The van der Waals surface area contributed by atoms with Crippen LogP contribution in [0.5, 0.6) is 5.75 Å². The Morgan fingerprint density at radius 3 is 3.14 bits per heavy atom. The lowest BCUT2D eigenvalue weighted by Gasteiger charge is -2.09. The zero-order valence-corrected chi connectivity index (χ0v) is 12.7. The van der Waals surface area contributed by atoms with E-state index in [1.807, 2.05) is 18.2 Å². The average molecular weight is 306 g/mol. The van der Waals surface area contributed by atoms with Gasteiger partial charge in [-0.25, -0.2) is 0 Å². The Bertz CT molecular complexity index is 662. The van der Waals surface area contributed by atoms with E-state index in [0.29, 0.717) is 28.8 Å². The Balaban J connectivity index is 1.82. The molecule has 1 unspecified atom stereocenters. The molecular formula is C15H18N2O3S. The summed E-state index contributed by atoms with van der Waals surface area (Å²) >= 11 is 1.40. The summed E-state index contributed by atoms with van der Waals surface area (Å²) in [6.07, 6.45) is 0.996. The van der Waals surface area contributed by atoms with Gasteiger partial charge >= 0.3 is 0 Å². The van der Waals surface area contributed by atoms with Gasteiger partial charge in [-0.2, -0.15) is 0 Å². The van der Waals surface area contributed by atoms with Crippen LogP contribution in [-0.4, -0.2) is 32.8 Å². The van der Waals surface area contributed by atoms with Gasteiger partial charge in [0.05, 0.1) is 24.8 Å². The predicted molar refractivity (Wildman–Crippen MR) is 84.0 cm³/mol. The van der Waals surface area contributed by atoms with Crippen molar-refractivity contribution in [1.82, 2.24) is 5.32 Å². The van der Waals surface area contributed by atoms with E-state index in [0.717, 1.165) is 29.7 Å². The van der Waals surface area contributed by atoms with Gasteiger partial charge in [-0.1, -0.05) is 6.07 Å². The fourth-order valence-electron chi connectivity index (χ4n) is 2.54. The molecular weight excluding hydrogens is 288 g/mol. The van der Waals surface area contributed by atoms with Crippen molar-refractivity contribution in [3.63, 3.8) is 0 Å². The minimum absolute atomic E-state index is 0.123. The number of benzene rings is 1. The number of hydrogen-bond donors (Lipinski definition) is 2. The molecule has 0 aliphatic carbocycles. The molecule has 0 saturated carbocycles.